The molecular formula is C18H14F3N3O4. The number of aromatic nitrogens is 1. The molecule has 0 fully saturated rings. The number of aromatic carboxylic acids is 1. The summed E-state index contributed by atoms with van der Waals surface area (Å²) in [6, 6.07) is 1.39. The average Bonchev–Trinajstić information content (AvgIpc) is 2.63. The molecule has 0 atom stereocenters. The lowest BCUT2D eigenvalue weighted by Crippen LogP contribution is -2.20. The number of aromatic hydroxyl groups is 1. The minimum absolute atomic E-state index is 0.0872. The number of carbonyl (C=O) groups is 1. The molecule has 3 rings (SSSR count). The van der Waals surface area contributed by atoms with E-state index in [4.69, 9.17) is 5.73 Å². The third-order valence-electron chi connectivity index (χ3n) is 4.41. The Hall–Kier alpha value is -3.69. The van der Waals surface area contributed by atoms with E-state index in [2.05, 4.69) is 5.32 Å². The number of nitrogens with one attached hydrogen (secondary N) is 1. The van der Waals surface area contributed by atoms with Gasteiger partial charge in [-0.25, -0.2) is 18.0 Å². The van der Waals surface area contributed by atoms with E-state index in [1.165, 1.54) is 14.0 Å². The van der Waals surface area contributed by atoms with Crippen LogP contribution in [0.15, 0.2) is 23.1 Å². The molecule has 0 radical (unpaired) electrons. The van der Waals surface area contributed by atoms with E-state index in [0.29, 0.717) is 6.07 Å². The Bertz CT molecular complexity index is 1220. The first kappa shape index (κ1) is 19.1. The molecule has 0 aliphatic heterocycles. The number of rotatable bonds is 3. The van der Waals surface area contributed by atoms with Crippen LogP contribution < -0.4 is 16.5 Å². The summed E-state index contributed by atoms with van der Waals surface area (Å²) < 4.78 is 43.4. The van der Waals surface area contributed by atoms with Crippen LogP contribution in [0.5, 0.6) is 5.75 Å². The van der Waals surface area contributed by atoms with Gasteiger partial charge < -0.3 is 25.8 Å². The molecule has 5 N–H and O–H groups in total. The van der Waals surface area contributed by atoms with E-state index in [1.807, 2.05) is 0 Å². The number of nitrogen functional groups attached to an aromatic ring is 1. The molecule has 2 aromatic carbocycles. The van der Waals surface area contributed by atoms with Gasteiger partial charge in [-0.2, -0.15) is 0 Å². The van der Waals surface area contributed by atoms with Crippen LogP contribution in [0, 0.1) is 24.4 Å². The van der Waals surface area contributed by atoms with Crippen LogP contribution in [0.2, 0.25) is 0 Å². The second kappa shape index (κ2) is 6.48. The summed E-state index contributed by atoms with van der Waals surface area (Å²) >= 11 is 0. The fourth-order valence-electron chi connectivity index (χ4n) is 3.09. The first-order valence-electron chi connectivity index (χ1n) is 7.86. The monoisotopic (exact) mass is 393 g/mol. The number of anilines is 2. The van der Waals surface area contributed by atoms with Crippen LogP contribution in [0.1, 0.15) is 15.9 Å². The van der Waals surface area contributed by atoms with Crippen molar-refractivity contribution < 1.29 is 28.2 Å². The number of nitrogens with two attached hydrogens (primary N) is 1. The quantitative estimate of drug-likeness (QED) is 0.509. The number of phenolic OH excluding ortho intramolecular Hbond substituents is 1. The summed E-state index contributed by atoms with van der Waals surface area (Å²) in [6.07, 6.45) is 0.812. The Morgan fingerprint density at radius 3 is 2.43 bits per heavy atom. The second-order valence-electron chi connectivity index (χ2n) is 6.01. The van der Waals surface area contributed by atoms with Gasteiger partial charge in [-0.1, -0.05) is 0 Å². The van der Waals surface area contributed by atoms with E-state index in [9.17, 15) is 33.0 Å². The number of hydrogen-bond donors (Lipinski definition) is 4. The van der Waals surface area contributed by atoms with Crippen molar-refractivity contribution in [3.8, 4) is 11.4 Å². The lowest BCUT2D eigenvalue weighted by Gasteiger charge is -2.19. The van der Waals surface area contributed by atoms with Crippen molar-refractivity contribution in [1.29, 1.82) is 0 Å². The molecule has 28 heavy (non-hydrogen) atoms. The number of halogens is 3. The van der Waals surface area contributed by atoms with Crippen molar-refractivity contribution in [3.63, 3.8) is 0 Å². The highest BCUT2D eigenvalue weighted by Crippen LogP contribution is 2.37. The average molecular weight is 393 g/mol. The van der Waals surface area contributed by atoms with Gasteiger partial charge in [0.2, 0.25) is 5.43 Å². The van der Waals surface area contributed by atoms with Gasteiger partial charge in [0.1, 0.15) is 17.2 Å². The van der Waals surface area contributed by atoms with Crippen molar-refractivity contribution in [2.45, 2.75) is 6.92 Å². The van der Waals surface area contributed by atoms with Crippen molar-refractivity contribution in [2.75, 3.05) is 18.1 Å². The Morgan fingerprint density at radius 2 is 1.86 bits per heavy atom. The van der Waals surface area contributed by atoms with Crippen LogP contribution >= 0.6 is 0 Å². The number of carboxylic acids is 1. The first-order chi connectivity index (χ1) is 13.1. The molecule has 0 spiro atoms. The number of carboxylic acid groups (broad SMARTS) is 1. The van der Waals surface area contributed by atoms with Gasteiger partial charge in [-0.3, -0.25) is 4.79 Å². The Balaban J connectivity index is 2.66. The number of aryl methyl sites for hydroxylation is 1. The van der Waals surface area contributed by atoms with Gasteiger partial charge in [0, 0.05) is 24.9 Å². The standard InChI is InChI=1S/C18H14F3N3O4/c1-6-14(23-2)13(21)17(26)12-15(6)24(5-7(16(12)25)18(27)28)11-4-10(22)8(19)3-9(11)20/h3-5,23,26H,22H2,1-2H3,(H,27,28). The van der Waals surface area contributed by atoms with Crippen LogP contribution in [-0.4, -0.2) is 27.8 Å². The van der Waals surface area contributed by atoms with Gasteiger partial charge in [0.15, 0.2) is 11.6 Å². The minimum Gasteiger partial charge on any atom is -0.504 e. The van der Waals surface area contributed by atoms with E-state index in [1.54, 1.807) is 0 Å². The fraction of sp³-hybridized carbons (Fsp3) is 0.111. The molecule has 0 saturated carbocycles. The summed E-state index contributed by atoms with van der Waals surface area (Å²) in [4.78, 5) is 24.0. The fourth-order valence-corrected chi connectivity index (χ4v) is 3.09. The zero-order valence-corrected chi connectivity index (χ0v) is 14.6. The van der Waals surface area contributed by atoms with Crippen LogP contribution in [0.3, 0.4) is 0 Å². The van der Waals surface area contributed by atoms with Crippen molar-refractivity contribution in [3.05, 3.63) is 57.1 Å². The zero-order valence-electron chi connectivity index (χ0n) is 14.6. The summed E-state index contributed by atoms with van der Waals surface area (Å²) in [6.45, 7) is 1.39. The van der Waals surface area contributed by atoms with Crippen LogP contribution in [-0.2, 0) is 0 Å². The maximum absolute atomic E-state index is 14.5. The highest BCUT2D eigenvalue weighted by molar-refractivity contribution is 5.99. The largest absolute Gasteiger partial charge is 0.504 e. The number of hydrogen-bond acceptors (Lipinski definition) is 5. The first-order valence-corrected chi connectivity index (χ1v) is 7.86. The highest BCUT2D eigenvalue weighted by Gasteiger charge is 2.26. The molecule has 1 aromatic heterocycles. The molecule has 1 heterocycles. The predicted octanol–water partition coefficient (Wildman–Crippen LogP) is 2.74. The second-order valence-corrected chi connectivity index (χ2v) is 6.01. The van der Waals surface area contributed by atoms with Gasteiger partial charge >= 0.3 is 5.97 Å². The molecule has 146 valence electrons. The summed E-state index contributed by atoms with van der Waals surface area (Å²) in [5.74, 6) is -6.08. The van der Waals surface area contributed by atoms with Gasteiger partial charge in [-0.05, 0) is 13.0 Å². The topological polar surface area (TPSA) is 118 Å². The minimum atomic E-state index is -1.67. The Kier molecular flexibility index (Phi) is 4.42. The van der Waals surface area contributed by atoms with E-state index < -0.39 is 51.2 Å². The molecule has 0 aliphatic carbocycles. The third kappa shape index (κ3) is 2.61. The lowest BCUT2D eigenvalue weighted by atomic mass is 10.0. The van der Waals surface area contributed by atoms with Crippen molar-refractivity contribution in [2.24, 2.45) is 0 Å². The molecule has 0 bridgehead atoms. The number of pyridine rings is 1. The number of phenols is 1. The molecule has 0 unspecified atom stereocenters. The molecule has 0 aliphatic rings. The normalized spacial score (nSPS) is 11.0. The molecule has 10 heteroatoms. The molecule has 7 nitrogen and oxygen atoms in total. The number of fused-ring (bicyclic) bond motifs is 1. The third-order valence-corrected chi connectivity index (χ3v) is 4.41. The van der Waals surface area contributed by atoms with E-state index >= 15 is 0 Å². The van der Waals surface area contributed by atoms with Crippen LogP contribution in [0.4, 0.5) is 24.5 Å². The summed E-state index contributed by atoms with van der Waals surface area (Å²) in [5.41, 5.74) is 2.41. The molecule has 3 aromatic rings. The Morgan fingerprint density at radius 1 is 1.21 bits per heavy atom. The maximum atomic E-state index is 14.5. The molecule has 0 saturated heterocycles. The summed E-state index contributed by atoms with van der Waals surface area (Å²) in [5, 5.41) is 21.4. The highest BCUT2D eigenvalue weighted by atomic mass is 19.1. The number of nitrogens with zero attached hydrogens (tertiary/aromatic N) is 1. The maximum Gasteiger partial charge on any atom is 0.341 e. The zero-order chi connectivity index (χ0) is 20.9. The van der Waals surface area contributed by atoms with E-state index in [-0.39, 0.29) is 22.5 Å². The van der Waals surface area contributed by atoms with Crippen molar-refractivity contribution >= 4 is 28.2 Å². The van der Waals surface area contributed by atoms with Gasteiger partial charge in [-0.15, -0.1) is 0 Å². The van der Waals surface area contributed by atoms with Gasteiger partial charge in [0.05, 0.1) is 28.0 Å². The lowest BCUT2D eigenvalue weighted by molar-refractivity contribution is 0.0695. The van der Waals surface area contributed by atoms with Gasteiger partial charge in [0.25, 0.3) is 0 Å². The van der Waals surface area contributed by atoms with Crippen molar-refractivity contribution in [1.82, 2.24) is 4.57 Å². The predicted molar refractivity (Wildman–Crippen MR) is 96.7 cm³/mol. The molecular weight excluding hydrogens is 379 g/mol. The number of benzene rings is 2. The SMILES string of the molecule is CNc1c(F)c(O)c2c(=O)c(C(=O)O)cn(-c3cc(N)c(F)cc3F)c2c1C. The Labute approximate surface area is 155 Å². The smallest absolute Gasteiger partial charge is 0.341 e. The molecule has 0 amide bonds. The summed E-state index contributed by atoms with van der Waals surface area (Å²) in [7, 11) is 1.36. The van der Waals surface area contributed by atoms with Crippen LogP contribution in [0.25, 0.3) is 16.6 Å². The van der Waals surface area contributed by atoms with E-state index in [0.717, 1.165) is 16.8 Å².